The quantitative estimate of drug-likeness (QED) is 0.324. The fourth-order valence-electron chi connectivity index (χ4n) is 1.98. The average Bonchev–Trinajstić information content (AvgIpc) is 2.45. The van der Waals surface area contributed by atoms with Gasteiger partial charge in [-0.3, -0.25) is 10.1 Å². The minimum Gasteiger partial charge on any atom is -0.258 e. The van der Waals surface area contributed by atoms with Crippen molar-refractivity contribution in [2.24, 2.45) is 0 Å². The van der Waals surface area contributed by atoms with Gasteiger partial charge in [0.05, 0.1) is 10.7 Å². The molecule has 3 nitrogen and oxygen atoms in total. The molecule has 0 heterocycles. The largest absolute Gasteiger partial charge is 0.398 e. The van der Waals surface area contributed by atoms with Gasteiger partial charge in [-0.1, -0.05) is 12.1 Å². The van der Waals surface area contributed by atoms with E-state index in [1.165, 1.54) is 37.3 Å². The van der Waals surface area contributed by atoms with Crippen LogP contribution in [0, 0.1) is 22.9 Å². The van der Waals surface area contributed by atoms with E-state index in [0.29, 0.717) is 17.3 Å². The van der Waals surface area contributed by atoms with Gasteiger partial charge in [-0.15, -0.1) is 11.8 Å². The molecule has 0 radical (unpaired) electrons. The van der Waals surface area contributed by atoms with E-state index >= 15 is 0 Å². The molecule has 0 saturated heterocycles. The number of rotatable bonds is 4. The number of nitrogens with zero attached hydrogens (tertiary/aromatic N) is 1. The van der Waals surface area contributed by atoms with Crippen LogP contribution in [0.4, 0.5) is 23.2 Å². The van der Waals surface area contributed by atoms with Crippen molar-refractivity contribution in [3.63, 3.8) is 0 Å². The van der Waals surface area contributed by atoms with Crippen LogP contribution in [0.5, 0.6) is 0 Å². The number of thioether (sulfide) groups is 1. The van der Waals surface area contributed by atoms with E-state index in [2.05, 4.69) is 0 Å². The summed E-state index contributed by atoms with van der Waals surface area (Å²) < 4.78 is 51.2. The lowest BCUT2D eigenvalue weighted by atomic mass is 10.0. The van der Waals surface area contributed by atoms with Gasteiger partial charge in [0.15, 0.2) is 0 Å². The lowest BCUT2D eigenvalue weighted by Gasteiger charge is -2.11. The molecule has 0 unspecified atom stereocenters. The van der Waals surface area contributed by atoms with Crippen molar-refractivity contribution in [3.8, 4) is 11.1 Å². The van der Waals surface area contributed by atoms with Gasteiger partial charge >= 0.3 is 6.18 Å². The number of hydrogen-bond acceptors (Lipinski definition) is 3. The summed E-state index contributed by atoms with van der Waals surface area (Å²) in [6.07, 6.45) is -4.34. The summed E-state index contributed by atoms with van der Waals surface area (Å²) in [5.41, 5.74) is 0.437. The van der Waals surface area contributed by atoms with Crippen LogP contribution in [0.3, 0.4) is 0 Å². The molecule has 0 bridgehead atoms. The summed E-state index contributed by atoms with van der Waals surface area (Å²) in [5.74, 6) is -1.73. The molecule has 0 aromatic heterocycles. The first-order valence-electron chi connectivity index (χ1n) is 6.42. The molecule has 0 saturated carbocycles. The lowest BCUT2D eigenvalue weighted by molar-refractivity contribution is -0.384. The van der Waals surface area contributed by atoms with Crippen LogP contribution in [0.15, 0.2) is 41.3 Å². The predicted octanol–water partition coefficient (Wildman–Crippen LogP) is 5.36. The zero-order valence-electron chi connectivity index (χ0n) is 11.9. The van der Waals surface area contributed by atoms with E-state index in [9.17, 15) is 27.7 Å². The van der Waals surface area contributed by atoms with Crippen molar-refractivity contribution in [1.82, 2.24) is 0 Å². The minimum atomic E-state index is -4.34. The molecule has 2 aromatic carbocycles. The third kappa shape index (κ3) is 4.44. The molecule has 0 aliphatic rings. The van der Waals surface area contributed by atoms with Crippen LogP contribution >= 0.6 is 11.8 Å². The zero-order valence-corrected chi connectivity index (χ0v) is 12.7. The number of non-ortho nitro benzene ring substituents is 1. The summed E-state index contributed by atoms with van der Waals surface area (Å²) >= 11 is 0.556. The Morgan fingerprint density at radius 1 is 1.22 bits per heavy atom. The molecule has 0 spiro atoms. The SMILES string of the molecule is Cc1cc(F)c(-c2cccc([N+](=O)[O-])c2)cc1SCC(F)(F)F. The van der Waals surface area contributed by atoms with Gasteiger partial charge < -0.3 is 0 Å². The first-order chi connectivity index (χ1) is 10.7. The molecule has 122 valence electrons. The zero-order chi connectivity index (χ0) is 17.2. The Balaban J connectivity index is 2.42. The van der Waals surface area contributed by atoms with E-state index in [4.69, 9.17) is 0 Å². The third-order valence-corrected chi connectivity index (χ3v) is 4.25. The highest BCUT2D eigenvalue weighted by Crippen LogP contribution is 2.35. The molecular weight excluding hydrogens is 334 g/mol. The molecular formula is C15H11F4NO2S. The van der Waals surface area contributed by atoms with Crippen molar-refractivity contribution in [3.05, 3.63) is 57.9 Å². The Labute approximate surface area is 133 Å². The fraction of sp³-hybridized carbons (Fsp3) is 0.200. The van der Waals surface area contributed by atoms with E-state index < -0.39 is 22.7 Å². The highest BCUT2D eigenvalue weighted by atomic mass is 32.2. The maximum absolute atomic E-state index is 14.1. The number of nitro groups is 1. The smallest absolute Gasteiger partial charge is 0.258 e. The molecule has 0 aliphatic carbocycles. The number of hydrogen-bond donors (Lipinski definition) is 0. The van der Waals surface area contributed by atoms with Crippen molar-refractivity contribution in [1.29, 1.82) is 0 Å². The molecule has 0 aliphatic heterocycles. The van der Waals surface area contributed by atoms with Crippen LogP contribution in [0.25, 0.3) is 11.1 Å². The van der Waals surface area contributed by atoms with E-state index in [1.807, 2.05) is 0 Å². The van der Waals surface area contributed by atoms with Gasteiger partial charge in [0.1, 0.15) is 5.82 Å². The monoisotopic (exact) mass is 345 g/mol. The topological polar surface area (TPSA) is 43.1 Å². The van der Waals surface area contributed by atoms with E-state index in [-0.39, 0.29) is 21.7 Å². The van der Waals surface area contributed by atoms with Gasteiger partial charge in [0.2, 0.25) is 0 Å². The van der Waals surface area contributed by atoms with Gasteiger partial charge in [0, 0.05) is 22.6 Å². The first-order valence-corrected chi connectivity index (χ1v) is 7.40. The predicted molar refractivity (Wildman–Crippen MR) is 80.0 cm³/mol. The molecule has 0 atom stereocenters. The Morgan fingerprint density at radius 2 is 1.91 bits per heavy atom. The third-order valence-electron chi connectivity index (χ3n) is 3.02. The molecule has 8 heteroatoms. The Kier molecular flexibility index (Phi) is 4.93. The number of nitro benzene ring substituents is 1. The number of aryl methyl sites for hydroxylation is 1. The molecule has 23 heavy (non-hydrogen) atoms. The summed E-state index contributed by atoms with van der Waals surface area (Å²) in [4.78, 5) is 10.5. The minimum absolute atomic E-state index is 0.0315. The van der Waals surface area contributed by atoms with Crippen LogP contribution in [-0.2, 0) is 0 Å². The second-order valence-corrected chi connectivity index (χ2v) is 5.83. The maximum atomic E-state index is 14.1. The van der Waals surface area contributed by atoms with Crippen LogP contribution < -0.4 is 0 Å². The first kappa shape index (κ1) is 17.3. The standard InChI is InChI=1S/C15H11F4NO2S/c1-9-5-13(16)12(7-14(9)23-8-15(17,18)19)10-3-2-4-11(6-10)20(21)22/h2-7H,8H2,1H3. The number of halogens is 4. The fourth-order valence-corrected chi connectivity index (χ4v) is 2.78. The van der Waals surface area contributed by atoms with Crippen LogP contribution in [0.1, 0.15) is 5.56 Å². The Morgan fingerprint density at radius 3 is 2.52 bits per heavy atom. The molecule has 2 aromatic rings. The van der Waals surface area contributed by atoms with Gasteiger partial charge in [-0.2, -0.15) is 13.2 Å². The Bertz CT molecular complexity index is 747. The average molecular weight is 345 g/mol. The van der Waals surface area contributed by atoms with Crippen molar-refractivity contribution in [2.75, 3.05) is 5.75 Å². The number of benzene rings is 2. The second kappa shape index (κ2) is 6.57. The van der Waals surface area contributed by atoms with Crippen LogP contribution in [-0.4, -0.2) is 16.9 Å². The summed E-state index contributed by atoms with van der Waals surface area (Å²) in [6, 6.07) is 7.74. The molecule has 0 fully saturated rings. The van der Waals surface area contributed by atoms with Gasteiger partial charge in [0.25, 0.3) is 5.69 Å². The number of alkyl halides is 3. The Hall–Kier alpha value is -2.09. The van der Waals surface area contributed by atoms with Gasteiger partial charge in [-0.25, -0.2) is 4.39 Å². The normalized spacial score (nSPS) is 11.5. The summed E-state index contributed by atoms with van der Waals surface area (Å²) in [6.45, 7) is 1.51. The maximum Gasteiger partial charge on any atom is 0.398 e. The van der Waals surface area contributed by atoms with Gasteiger partial charge in [-0.05, 0) is 30.2 Å². The van der Waals surface area contributed by atoms with E-state index in [0.717, 1.165) is 6.07 Å². The van der Waals surface area contributed by atoms with Crippen LogP contribution in [0.2, 0.25) is 0 Å². The summed E-state index contributed by atoms with van der Waals surface area (Å²) in [7, 11) is 0. The van der Waals surface area contributed by atoms with Crippen molar-refractivity contribution >= 4 is 17.4 Å². The second-order valence-electron chi connectivity index (χ2n) is 4.81. The summed E-state index contributed by atoms with van der Waals surface area (Å²) in [5, 5.41) is 10.8. The van der Waals surface area contributed by atoms with Crippen molar-refractivity contribution in [2.45, 2.75) is 18.0 Å². The highest BCUT2D eigenvalue weighted by molar-refractivity contribution is 7.99. The molecule has 2 rings (SSSR count). The molecule has 0 amide bonds. The molecule has 0 N–H and O–H groups in total. The van der Waals surface area contributed by atoms with E-state index in [1.54, 1.807) is 0 Å². The van der Waals surface area contributed by atoms with Crippen molar-refractivity contribution < 1.29 is 22.5 Å². The lowest BCUT2D eigenvalue weighted by Crippen LogP contribution is -2.10. The highest BCUT2D eigenvalue weighted by Gasteiger charge is 2.27.